The van der Waals surface area contributed by atoms with Gasteiger partial charge in [0.1, 0.15) is 6.33 Å². The molecule has 0 bridgehead atoms. The van der Waals surface area contributed by atoms with Gasteiger partial charge in [0.2, 0.25) is 11.0 Å². The average Bonchev–Trinajstić information content (AvgIpc) is 2.37. The number of hydrogen-bond donors (Lipinski definition) is 1. The van der Waals surface area contributed by atoms with E-state index in [2.05, 4.69) is 15.3 Å². The van der Waals surface area contributed by atoms with Crippen molar-refractivity contribution in [2.75, 3.05) is 18.5 Å². The highest BCUT2D eigenvalue weighted by molar-refractivity contribution is 6.31. The molecule has 0 spiro atoms. The van der Waals surface area contributed by atoms with Gasteiger partial charge in [-0.15, -0.1) is 0 Å². The van der Waals surface area contributed by atoms with Gasteiger partial charge in [-0.25, -0.2) is 9.97 Å². The van der Waals surface area contributed by atoms with E-state index in [0.717, 1.165) is 25.9 Å². The molecule has 8 heteroatoms. The molecular weight excluding hydrogens is 260 g/mol. The number of hydrogen-bond acceptors (Lipinski definition) is 6. The van der Waals surface area contributed by atoms with Crippen molar-refractivity contribution in [2.24, 2.45) is 0 Å². The first-order valence-electron chi connectivity index (χ1n) is 5.69. The van der Waals surface area contributed by atoms with Crippen LogP contribution in [0.1, 0.15) is 19.3 Å². The van der Waals surface area contributed by atoms with Crippen molar-refractivity contribution in [3.8, 4) is 0 Å². The first kappa shape index (κ1) is 13.0. The number of nitrogens with zero attached hydrogens (tertiary/aromatic N) is 3. The van der Waals surface area contributed by atoms with Gasteiger partial charge >= 0.3 is 5.69 Å². The van der Waals surface area contributed by atoms with Crippen molar-refractivity contribution in [1.29, 1.82) is 0 Å². The predicted octanol–water partition coefficient (Wildman–Crippen LogP) is 2.02. The number of rotatable bonds is 4. The fourth-order valence-electron chi connectivity index (χ4n) is 1.83. The fourth-order valence-corrected chi connectivity index (χ4v) is 2.03. The number of halogens is 1. The van der Waals surface area contributed by atoms with Crippen LogP contribution >= 0.6 is 11.6 Å². The van der Waals surface area contributed by atoms with Gasteiger partial charge < -0.3 is 10.1 Å². The lowest BCUT2D eigenvalue weighted by molar-refractivity contribution is -0.384. The third-order valence-electron chi connectivity index (χ3n) is 2.73. The van der Waals surface area contributed by atoms with Crippen LogP contribution in [-0.2, 0) is 4.74 Å². The molecule has 0 aromatic carbocycles. The summed E-state index contributed by atoms with van der Waals surface area (Å²) in [6.07, 6.45) is 4.38. The summed E-state index contributed by atoms with van der Waals surface area (Å²) in [6.45, 7) is 1.22. The molecule has 2 heterocycles. The number of anilines is 1. The summed E-state index contributed by atoms with van der Waals surface area (Å²) in [7, 11) is 0. The third kappa shape index (κ3) is 3.05. The Labute approximate surface area is 109 Å². The summed E-state index contributed by atoms with van der Waals surface area (Å²) in [4.78, 5) is 17.7. The molecule has 1 aromatic heterocycles. The molecule has 1 atom stereocenters. The molecule has 0 saturated carbocycles. The Hall–Kier alpha value is -1.47. The summed E-state index contributed by atoms with van der Waals surface area (Å²) < 4.78 is 5.52. The van der Waals surface area contributed by atoms with E-state index >= 15 is 0 Å². The minimum Gasteiger partial charge on any atom is -0.376 e. The van der Waals surface area contributed by atoms with Gasteiger partial charge in [0.15, 0.2) is 0 Å². The fraction of sp³-hybridized carbons (Fsp3) is 0.600. The van der Waals surface area contributed by atoms with Gasteiger partial charge in [-0.3, -0.25) is 10.1 Å². The number of nitrogens with one attached hydrogen (secondary N) is 1. The van der Waals surface area contributed by atoms with Gasteiger partial charge in [0.25, 0.3) is 0 Å². The van der Waals surface area contributed by atoms with Crippen LogP contribution in [-0.4, -0.2) is 34.1 Å². The standard InChI is InChI=1S/C10H13ClN4O3/c11-9-8(15(16)17)10(14-6-13-9)12-5-7-3-1-2-4-18-7/h6-7H,1-5H2,(H,12,13,14). The molecule has 1 unspecified atom stereocenters. The summed E-state index contributed by atoms with van der Waals surface area (Å²) >= 11 is 5.68. The van der Waals surface area contributed by atoms with Gasteiger partial charge in [-0.2, -0.15) is 0 Å². The molecule has 1 N–H and O–H groups in total. The maximum atomic E-state index is 10.9. The molecule has 2 rings (SSSR count). The third-order valence-corrected chi connectivity index (χ3v) is 3.01. The van der Waals surface area contributed by atoms with Gasteiger partial charge in [-0.1, -0.05) is 11.6 Å². The number of ether oxygens (including phenoxy) is 1. The topological polar surface area (TPSA) is 90.2 Å². The normalized spacial score (nSPS) is 19.5. The second kappa shape index (κ2) is 5.92. The maximum absolute atomic E-state index is 10.9. The second-order valence-corrected chi connectivity index (χ2v) is 4.35. The van der Waals surface area contributed by atoms with Crippen molar-refractivity contribution in [3.63, 3.8) is 0 Å². The van der Waals surface area contributed by atoms with Gasteiger partial charge in [0, 0.05) is 13.2 Å². The predicted molar refractivity (Wildman–Crippen MR) is 65.8 cm³/mol. The van der Waals surface area contributed by atoms with Crippen molar-refractivity contribution < 1.29 is 9.66 Å². The minimum atomic E-state index is -0.591. The van der Waals surface area contributed by atoms with E-state index in [9.17, 15) is 10.1 Å². The summed E-state index contributed by atoms with van der Waals surface area (Å²) in [5, 5.41) is 13.6. The Balaban J connectivity index is 2.04. The van der Waals surface area contributed by atoms with Gasteiger partial charge in [0.05, 0.1) is 11.0 Å². The smallest absolute Gasteiger partial charge is 0.348 e. The minimum absolute atomic E-state index is 0.0621. The zero-order valence-electron chi connectivity index (χ0n) is 9.63. The van der Waals surface area contributed by atoms with Crippen LogP contribution in [0.15, 0.2) is 6.33 Å². The van der Waals surface area contributed by atoms with Gasteiger partial charge in [-0.05, 0) is 19.3 Å². The molecule has 1 fully saturated rings. The molecule has 1 aliphatic rings. The molecule has 0 aliphatic carbocycles. The SMILES string of the molecule is O=[N+]([O-])c1c(Cl)ncnc1NCC1CCCCO1. The average molecular weight is 273 g/mol. The van der Waals surface area contributed by atoms with Crippen molar-refractivity contribution >= 4 is 23.1 Å². The highest BCUT2D eigenvalue weighted by Crippen LogP contribution is 2.28. The maximum Gasteiger partial charge on any atom is 0.348 e. The molecule has 18 heavy (non-hydrogen) atoms. The monoisotopic (exact) mass is 272 g/mol. The second-order valence-electron chi connectivity index (χ2n) is 3.99. The molecule has 1 aromatic rings. The number of aromatic nitrogens is 2. The Morgan fingerprint density at radius 2 is 2.39 bits per heavy atom. The first-order valence-corrected chi connectivity index (χ1v) is 6.06. The first-order chi connectivity index (χ1) is 8.68. The zero-order chi connectivity index (χ0) is 13.0. The molecule has 1 aliphatic heterocycles. The lowest BCUT2D eigenvalue weighted by Crippen LogP contribution is -2.27. The van der Waals surface area contributed by atoms with E-state index in [1.807, 2.05) is 0 Å². The largest absolute Gasteiger partial charge is 0.376 e. The van der Waals surface area contributed by atoms with E-state index in [0.29, 0.717) is 6.54 Å². The van der Waals surface area contributed by atoms with E-state index in [1.54, 1.807) is 0 Å². The molecular formula is C10H13ClN4O3. The Kier molecular flexibility index (Phi) is 4.27. The van der Waals surface area contributed by atoms with E-state index in [-0.39, 0.29) is 22.8 Å². The summed E-state index contributed by atoms with van der Waals surface area (Å²) in [6, 6.07) is 0. The lowest BCUT2D eigenvalue weighted by Gasteiger charge is -2.22. The Morgan fingerprint density at radius 1 is 1.56 bits per heavy atom. The zero-order valence-corrected chi connectivity index (χ0v) is 10.4. The summed E-state index contributed by atoms with van der Waals surface area (Å²) in [5.74, 6) is 0.133. The van der Waals surface area contributed by atoms with Crippen LogP contribution in [0.3, 0.4) is 0 Å². The van der Waals surface area contributed by atoms with Crippen molar-refractivity contribution in [1.82, 2.24) is 9.97 Å². The molecule has 7 nitrogen and oxygen atoms in total. The van der Waals surface area contributed by atoms with Crippen LogP contribution in [0.2, 0.25) is 5.15 Å². The van der Waals surface area contributed by atoms with Crippen molar-refractivity contribution in [3.05, 3.63) is 21.6 Å². The Bertz CT molecular complexity index is 437. The highest BCUT2D eigenvalue weighted by Gasteiger charge is 2.22. The lowest BCUT2D eigenvalue weighted by atomic mass is 10.1. The van der Waals surface area contributed by atoms with Crippen LogP contribution in [0, 0.1) is 10.1 Å². The summed E-state index contributed by atoms with van der Waals surface area (Å²) in [5.41, 5.74) is -0.296. The van der Waals surface area contributed by atoms with E-state index in [4.69, 9.17) is 16.3 Å². The van der Waals surface area contributed by atoms with E-state index < -0.39 is 4.92 Å². The Morgan fingerprint density at radius 3 is 3.06 bits per heavy atom. The molecule has 98 valence electrons. The van der Waals surface area contributed by atoms with Crippen LogP contribution < -0.4 is 5.32 Å². The highest BCUT2D eigenvalue weighted by atomic mass is 35.5. The molecule has 0 amide bonds. The van der Waals surface area contributed by atoms with Crippen LogP contribution in [0.5, 0.6) is 0 Å². The van der Waals surface area contributed by atoms with Crippen molar-refractivity contribution in [2.45, 2.75) is 25.4 Å². The molecule has 1 saturated heterocycles. The number of nitro groups is 1. The van der Waals surface area contributed by atoms with E-state index in [1.165, 1.54) is 6.33 Å². The quantitative estimate of drug-likeness (QED) is 0.512. The van der Waals surface area contributed by atoms with Crippen LogP contribution in [0.25, 0.3) is 0 Å². The van der Waals surface area contributed by atoms with Crippen LogP contribution in [0.4, 0.5) is 11.5 Å². The molecule has 0 radical (unpaired) electrons.